The van der Waals surface area contributed by atoms with Crippen LogP contribution in [0, 0.1) is 5.92 Å². The molecule has 3 atom stereocenters. The lowest BCUT2D eigenvalue weighted by Gasteiger charge is -2.43. The molecule has 1 saturated carbocycles. The van der Waals surface area contributed by atoms with Crippen LogP contribution in [0.2, 0.25) is 0 Å². The third-order valence-corrected chi connectivity index (χ3v) is 4.33. The van der Waals surface area contributed by atoms with Gasteiger partial charge in [0.15, 0.2) is 0 Å². The minimum Gasteiger partial charge on any atom is -0.481 e. The number of nitrogens with one attached hydrogen (secondary N) is 1. The molecule has 0 aromatic rings. The maximum atomic E-state index is 12.3. The van der Waals surface area contributed by atoms with Gasteiger partial charge in [-0.25, -0.2) is 4.79 Å². The van der Waals surface area contributed by atoms with E-state index in [4.69, 9.17) is 9.84 Å². The van der Waals surface area contributed by atoms with Gasteiger partial charge in [0.1, 0.15) is 0 Å². The van der Waals surface area contributed by atoms with E-state index in [9.17, 15) is 9.59 Å². The van der Waals surface area contributed by atoms with E-state index >= 15 is 0 Å². The Kier molecular flexibility index (Phi) is 5.23. The van der Waals surface area contributed by atoms with Crippen LogP contribution in [-0.4, -0.2) is 53.8 Å². The molecule has 1 saturated heterocycles. The van der Waals surface area contributed by atoms with Crippen molar-refractivity contribution in [2.45, 2.75) is 51.2 Å². The first-order chi connectivity index (χ1) is 9.63. The van der Waals surface area contributed by atoms with Gasteiger partial charge < -0.3 is 20.1 Å². The Bertz CT molecular complexity index is 359. The van der Waals surface area contributed by atoms with Gasteiger partial charge in [-0.1, -0.05) is 19.8 Å². The minimum atomic E-state index is -0.856. The van der Waals surface area contributed by atoms with Gasteiger partial charge in [-0.15, -0.1) is 0 Å². The van der Waals surface area contributed by atoms with Gasteiger partial charge in [0.25, 0.3) is 0 Å². The highest BCUT2D eigenvalue weighted by atomic mass is 16.5. The number of hydrogen-bond donors (Lipinski definition) is 2. The summed E-state index contributed by atoms with van der Waals surface area (Å²) in [6.07, 6.45) is 4.96. The number of fused-ring (bicyclic) bond motifs is 1. The number of ether oxygens (including phenoxy) is 1. The fraction of sp³-hybridized carbons (Fsp3) is 0.857. The van der Waals surface area contributed by atoms with E-state index in [0.29, 0.717) is 19.6 Å². The molecule has 2 N–H and O–H groups in total. The Morgan fingerprint density at radius 1 is 1.40 bits per heavy atom. The summed E-state index contributed by atoms with van der Waals surface area (Å²) >= 11 is 0. The van der Waals surface area contributed by atoms with E-state index in [0.717, 1.165) is 25.7 Å². The van der Waals surface area contributed by atoms with Crippen molar-refractivity contribution in [1.82, 2.24) is 10.2 Å². The van der Waals surface area contributed by atoms with E-state index in [2.05, 4.69) is 5.32 Å². The maximum Gasteiger partial charge on any atom is 0.317 e. The second-order valence-corrected chi connectivity index (χ2v) is 5.58. The molecule has 1 heterocycles. The average molecular weight is 284 g/mol. The number of amides is 2. The lowest BCUT2D eigenvalue weighted by Crippen LogP contribution is -2.57. The molecule has 1 aliphatic carbocycles. The number of morpholine rings is 1. The molecule has 1 aliphatic heterocycles. The minimum absolute atomic E-state index is 0.148. The highest BCUT2D eigenvalue weighted by molar-refractivity contribution is 5.76. The first-order valence-electron chi connectivity index (χ1n) is 7.52. The van der Waals surface area contributed by atoms with Crippen molar-refractivity contribution in [2.75, 3.05) is 19.7 Å². The van der Waals surface area contributed by atoms with E-state index in [-0.39, 0.29) is 24.7 Å². The third kappa shape index (κ3) is 3.42. The average Bonchev–Trinajstić information content (AvgIpc) is 2.46. The van der Waals surface area contributed by atoms with Crippen molar-refractivity contribution >= 4 is 12.0 Å². The Labute approximate surface area is 119 Å². The standard InChI is InChI=1S/C14H24N2O4/c1-2-10(13(17)18)9-15-14(19)16-7-8-20-12-6-4-3-5-11(12)16/h10-12H,2-9H2,1H3,(H,15,19)(H,17,18). The summed E-state index contributed by atoms with van der Waals surface area (Å²) in [6, 6.07) is 0.00676. The molecule has 0 aromatic carbocycles. The van der Waals surface area contributed by atoms with Gasteiger partial charge in [-0.05, 0) is 19.3 Å². The number of carboxylic acids is 1. The van der Waals surface area contributed by atoms with Gasteiger partial charge in [0.05, 0.1) is 24.7 Å². The Morgan fingerprint density at radius 3 is 2.85 bits per heavy atom. The lowest BCUT2D eigenvalue weighted by molar-refractivity contribution is -0.141. The molecule has 0 bridgehead atoms. The highest BCUT2D eigenvalue weighted by Gasteiger charge is 2.36. The van der Waals surface area contributed by atoms with Crippen LogP contribution in [0.25, 0.3) is 0 Å². The predicted octanol–water partition coefficient (Wildman–Crippen LogP) is 1.45. The molecule has 6 heteroatoms. The van der Waals surface area contributed by atoms with Crippen LogP contribution in [0.1, 0.15) is 39.0 Å². The van der Waals surface area contributed by atoms with Crippen molar-refractivity contribution < 1.29 is 19.4 Å². The lowest BCUT2D eigenvalue weighted by atomic mass is 9.90. The van der Waals surface area contributed by atoms with Gasteiger partial charge >= 0.3 is 12.0 Å². The summed E-state index contributed by atoms with van der Waals surface area (Å²) in [6.45, 7) is 3.18. The van der Waals surface area contributed by atoms with Gasteiger partial charge in [-0.2, -0.15) is 0 Å². The number of carbonyl (C=O) groups is 2. The Balaban J connectivity index is 1.89. The molecule has 2 aliphatic rings. The zero-order chi connectivity index (χ0) is 14.5. The zero-order valence-corrected chi connectivity index (χ0v) is 12.0. The van der Waals surface area contributed by atoms with E-state index in [1.807, 2.05) is 11.8 Å². The van der Waals surface area contributed by atoms with Crippen molar-refractivity contribution in [3.8, 4) is 0 Å². The molecule has 0 spiro atoms. The first-order valence-corrected chi connectivity index (χ1v) is 7.52. The zero-order valence-electron chi connectivity index (χ0n) is 12.0. The Morgan fingerprint density at radius 2 is 2.15 bits per heavy atom. The molecule has 114 valence electrons. The maximum absolute atomic E-state index is 12.3. The van der Waals surface area contributed by atoms with Crippen LogP contribution < -0.4 is 5.32 Å². The number of carbonyl (C=O) groups excluding carboxylic acids is 1. The van der Waals surface area contributed by atoms with E-state index < -0.39 is 11.9 Å². The molecule has 20 heavy (non-hydrogen) atoms. The van der Waals surface area contributed by atoms with Crippen molar-refractivity contribution in [2.24, 2.45) is 5.92 Å². The highest BCUT2D eigenvalue weighted by Crippen LogP contribution is 2.28. The second kappa shape index (κ2) is 6.92. The van der Waals surface area contributed by atoms with Gasteiger partial charge in [0, 0.05) is 13.1 Å². The summed E-state index contributed by atoms with van der Waals surface area (Å²) in [7, 11) is 0. The number of aliphatic carboxylic acids is 1. The summed E-state index contributed by atoms with van der Waals surface area (Å²) in [5, 5.41) is 11.8. The van der Waals surface area contributed by atoms with Crippen LogP contribution in [0.15, 0.2) is 0 Å². The van der Waals surface area contributed by atoms with Gasteiger partial charge in [-0.3, -0.25) is 4.79 Å². The fourth-order valence-electron chi connectivity index (χ4n) is 3.07. The summed E-state index contributed by atoms with van der Waals surface area (Å²) < 4.78 is 5.73. The van der Waals surface area contributed by atoms with Crippen molar-refractivity contribution in [1.29, 1.82) is 0 Å². The topological polar surface area (TPSA) is 78.9 Å². The second-order valence-electron chi connectivity index (χ2n) is 5.58. The third-order valence-electron chi connectivity index (χ3n) is 4.33. The molecule has 2 amide bonds. The van der Waals surface area contributed by atoms with Crippen LogP contribution in [-0.2, 0) is 9.53 Å². The largest absolute Gasteiger partial charge is 0.481 e. The number of nitrogens with zero attached hydrogens (tertiary/aromatic N) is 1. The molecule has 6 nitrogen and oxygen atoms in total. The molecular formula is C14H24N2O4. The normalized spacial score (nSPS) is 27.6. The van der Waals surface area contributed by atoms with Crippen LogP contribution >= 0.6 is 0 Å². The van der Waals surface area contributed by atoms with Crippen LogP contribution in [0.3, 0.4) is 0 Å². The quantitative estimate of drug-likeness (QED) is 0.819. The monoisotopic (exact) mass is 284 g/mol. The molecule has 0 radical (unpaired) electrons. The van der Waals surface area contributed by atoms with Crippen LogP contribution in [0.5, 0.6) is 0 Å². The fourth-order valence-corrected chi connectivity index (χ4v) is 3.07. The smallest absolute Gasteiger partial charge is 0.317 e. The van der Waals surface area contributed by atoms with E-state index in [1.54, 1.807) is 0 Å². The van der Waals surface area contributed by atoms with Crippen molar-refractivity contribution in [3.05, 3.63) is 0 Å². The number of urea groups is 1. The predicted molar refractivity (Wildman–Crippen MR) is 73.5 cm³/mol. The molecule has 3 unspecified atom stereocenters. The van der Waals surface area contributed by atoms with Crippen LogP contribution in [0.4, 0.5) is 4.79 Å². The van der Waals surface area contributed by atoms with Crippen molar-refractivity contribution in [3.63, 3.8) is 0 Å². The summed E-state index contributed by atoms with van der Waals surface area (Å²) in [4.78, 5) is 25.1. The SMILES string of the molecule is CCC(CNC(=O)N1CCOC2CCCCC21)C(=O)O. The molecule has 0 aromatic heterocycles. The molecule has 2 fully saturated rings. The number of rotatable bonds is 4. The Hall–Kier alpha value is -1.30. The number of carboxylic acid groups (broad SMARTS) is 1. The van der Waals surface area contributed by atoms with Gasteiger partial charge in [0.2, 0.25) is 0 Å². The molecular weight excluding hydrogens is 260 g/mol. The van der Waals surface area contributed by atoms with E-state index in [1.165, 1.54) is 0 Å². The molecule has 2 rings (SSSR count). The summed E-state index contributed by atoms with van der Waals surface area (Å²) in [5.74, 6) is -1.37. The first kappa shape index (κ1) is 15.1. The number of hydrogen-bond acceptors (Lipinski definition) is 3. The summed E-state index contributed by atoms with van der Waals surface area (Å²) in [5.41, 5.74) is 0.